The molecule has 21 heavy (non-hydrogen) atoms. The summed E-state index contributed by atoms with van der Waals surface area (Å²) in [6, 6.07) is 15.3. The second kappa shape index (κ2) is 5.74. The number of fused-ring (bicyclic) bond motifs is 1. The molecule has 0 aliphatic rings. The van der Waals surface area contributed by atoms with E-state index in [0.29, 0.717) is 12.1 Å². The van der Waals surface area contributed by atoms with Gasteiger partial charge >= 0.3 is 0 Å². The average molecular weight is 344 g/mol. The maximum Gasteiger partial charge on any atom is 0.183 e. The molecule has 0 saturated heterocycles. The van der Waals surface area contributed by atoms with E-state index in [2.05, 4.69) is 15.9 Å². The van der Waals surface area contributed by atoms with Gasteiger partial charge in [-0.15, -0.1) is 0 Å². The third-order valence-electron chi connectivity index (χ3n) is 3.47. The Balaban J connectivity index is 1.92. The maximum atomic E-state index is 12.4. The summed E-state index contributed by atoms with van der Waals surface area (Å²) >= 11 is 3.42. The van der Waals surface area contributed by atoms with E-state index >= 15 is 0 Å². The molecule has 1 aromatic heterocycles. The lowest BCUT2D eigenvalue weighted by Crippen LogP contribution is -2.10. The van der Waals surface area contributed by atoms with Gasteiger partial charge in [-0.1, -0.05) is 34.1 Å². The molecule has 4 heteroatoms. The standard InChI is InChI=1S/C17H14BrNO2/c1-21-13-6-7-16-12(10-13)8-9-19(16)11-17(20)14-4-2-3-5-15(14)18/h2-10H,11H2,1H3. The topological polar surface area (TPSA) is 31.2 Å². The summed E-state index contributed by atoms with van der Waals surface area (Å²) in [4.78, 5) is 12.4. The summed E-state index contributed by atoms with van der Waals surface area (Å²) in [6.07, 6.45) is 1.93. The van der Waals surface area contributed by atoms with Gasteiger partial charge in [0, 0.05) is 27.1 Å². The van der Waals surface area contributed by atoms with E-state index in [9.17, 15) is 4.79 Å². The number of benzene rings is 2. The number of carbonyl (C=O) groups excluding carboxylic acids is 1. The van der Waals surface area contributed by atoms with Crippen molar-refractivity contribution in [1.29, 1.82) is 0 Å². The Morgan fingerprint density at radius 2 is 2.00 bits per heavy atom. The molecule has 3 aromatic rings. The molecule has 0 saturated carbocycles. The maximum absolute atomic E-state index is 12.4. The van der Waals surface area contributed by atoms with E-state index in [1.165, 1.54) is 0 Å². The van der Waals surface area contributed by atoms with E-state index in [0.717, 1.165) is 21.1 Å². The molecule has 106 valence electrons. The molecule has 0 amide bonds. The predicted octanol–water partition coefficient (Wildman–Crippen LogP) is 4.30. The monoisotopic (exact) mass is 343 g/mol. The molecule has 0 aliphatic heterocycles. The molecule has 0 aliphatic carbocycles. The number of nitrogens with zero attached hydrogens (tertiary/aromatic N) is 1. The van der Waals surface area contributed by atoms with E-state index in [-0.39, 0.29) is 5.78 Å². The Bertz CT molecular complexity index is 807. The molecule has 0 atom stereocenters. The van der Waals surface area contributed by atoms with Crippen LogP contribution in [0.25, 0.3) is 10.9 Å². The van der Waals surface area contributed by atoms with Crippen molar-refractivity contribution >= 4 is 32.6 Å². The molecule has 3 rings (SSSR count). The lowest BCUT2D eigenvalue weighted by molar-refractivity contribution is 0.0973. The van der Waals surface area contributed by atoms with Crippen molar-refractivity contribution in [3.05, 3.63) is 64.8 Å². The van der Waals surface area contributed by atoms with Crippen LogP contribution in [-0.4, -0.2) is 17.5 Å². The first-order chi connectivity index (χ1) is 10.2. The number of Topliss-reactive ketones (excluding diaryl/α,β-unsaturated/α-hetero) is 1. The fourth-order valence-electron chi connectivity index (χ4n) is 2.37. The van der Waals surface area contributed by atoms with Gasteiger partial charge in [0.25, 0.3) is 0 Å². The van der Waals surface area contributed by atoms with Crippen LogP contribution in [0.5, 0.6) is 5.75 Å². The minimum atomic E-state index is 0.0794. The van der Waals surface area contributed by atoms with E-state index in [4.69, 9.17) is 4.74 Å². The number of ether oxygens (including phenoxy) is 1. The van der Waals surface area contributed by atoms with Gasteiger partial charge in [-0.2, -0.15) is 0 Å². The number of aromatic nitrogens is 1. The van der Waals surface area contributed by atoms with Gasteiger partial charge in [-0.05, 0) is 30.3 Å². The summed E-state index contributed by atoms with van der Waals surface area (Å²) in [7, 11) is 1.65. The lowest BCUT2D eigenvalue weighted by atomic mass is 10.1. The first kappa shape index (κ1) is 13.9. The van der Waals surface area contributed by atoms with Crippen LogP contribution in [0, 0.1) is 0 Å². The van der Waals surface area contributed by atoms with Crippen molar-refractivity contribution < 1.29 is 9.53 Å². The smallest absolute Gasteiger partial charge is 0.183 e. The van der Waals surface area contributed by atoms with Crippen molar-refractivity contribution in [3.8, 4) is 5.75 Å². The molecule has 0 N–H and O–H groups in total. The minimum Gasteiger partial charge on any atom is -0.497 e. The molecule has 0 bridgehead atoms. The highest BCUT2D eigenvalue weighted by Gasteiger charge is 2.11. The van der Waals surface area contributed by atoms with Crippen molar-refractivity contribution in [1.82, 2.24) is 4.57 Å². The quantitative estimate of drug-likeness (QED) is 0.661. The second-order valence-corrected chi connectivity index (χ2v) is 5.63. The molecular weight excluding hydrogens is 330 g/mol. The van der Waals surface area contributed by atoms with Crippen LogP contribution in [0.15, 0.2) is 59.2 Å². The van der Waals surface area contributed by atoms with Gasteiger partial charge in [0.15, 0.2) is 5.78 Å². The average Bonchev–Trinajstić information content (AvgIpc) is 2.89. The summed E-state index contributed by atoms with van der Waals surface area (Å²) in [5.74, 6) is 0.896. The zero-order valence-corrected chi connectivity index (χ0v) is 13.1. The van der Waals surface area contributed by atoms with Crippen molar-refractivity contribution in [2.24, 2.45) is 0 Å². The SMILES string of the molecule is COc1ccc2c(ccn2CC(=O)c2ccccc2Br)c1. The molecule has 0 spiro atoms. The first-order valence-corrected chi connectivity index (χ1v) is 7.39. The van der Waals surface area contributed by atoms with Gasteiger partial charge in [0.1, 0.15) is 5.75 Å². The van der Waals surface area contributed by atoms with Crippen LogP contribution in [0.3, 0.4) is 0 Å². The molecule has 3 nitrogen and oxygen atoms in total. The number of rotatable bonds is 4. The first-order valence-electron chi connectivity index (χ1n) is 6.59. The Morgan fingerprint density at radius 1 is 1.19 bits per heavy atom. The molecule has 0 radical (unpaired) electrons. The molecule has 1 heterocycles. The zero-order chi connectivity index (χ0) is 14.8. The Kier molecular flexibility index (Phi) is 3.80. The highest BCUT2D eigenvalue weighted by atomic mass is 79.9. The third-order valence-corrected chi connectivity index (χ3v) is 4.16. The van der Waals surface area contributed by atoms with Gasteiger partial charge in [-0.25, -0.2) is 0 Å². The van der Waals surface area contributed by atoms with Gasteiger partial charge in [0.05, 0.1) is 13.7 Å². The van der Waals surface area contributed by atoms with Gasteiger partial charge in [-0.3, -0.25) is 4.79 Å². The van der Waals surface area contributed by atoms with Gasteiger partial charge in [0.2, 0.25) is 0 Å². The van der Waals surface area contributed by atoms with Crippen LogP contribution < -0.4 is 4.74 Å². The van der Waals surface area contributed by atoms with Crippen LogP contribution in [0.2, 0.25) is 0 Å². The van der Waals surface area contributed by atoms with Crippen molar-refractivity contribution in [2.45, 2.75) is 6.54 Å². The summed E-state index contributed by atoms with van der Waals surface area (Å²) < 4.78 is 8.00. The van der Waals surface area contributed by atoms with E-state index in [1.54, 1.807) is 7.11 Å². The molecule has 0 unspecified atom stereocenters. The van der Waals surface area contributed by atoms with Crippen LogP contribution >= 0.6 is 15.9 Å². The highest BCUT2D eigenvalue weighted by Crippen LogP contribution is 2.23. The largest absolute Gasteiger partial charge is 0.497 e. The summed E-state index contributed by atoms with van der Waals surface area (Å²) in [6.45, 7) is 0.318. The van der Waals surface area contributed by atoms with Crippen molar-refractivity contribution in [3.63, 3.8) is 0 Å². The van der Waals surface area contributed by atoms with E-state index < -0.39 is 0 Å². The number of hydrogen-bond donors (Lipinski definition) is 0. The number of methoxy groups -OCH3 is 1. The normalized spacial score (nSPS) is 10.8. The third kappa shape index (κ3) is 2.72. The Morgan fingerprint density at radius 3 is 2.76 bits per heavy atom. The lowest BCUT2D eigenvalue weighted by Gasteiger charge is -2.07. The minimum absolute atomic E-state index is 0.0794. The fourth-order valence-corrected chi connectivity index (χ4v) is 2.88. The second-order valence-electron chi connectivity index (χ2n) is 4.77. The van der Waals surface area contributed by atoms with Gasteiger partial charge < -0.3 is 9.30 Å². The summed E-state index contributed by atoms with van der Waals surface area (Å²) in [5.41, 5.74) is 1.73. The van der Waals surface area contributed by atoms with Crippen LogP contribution in [0.4, 0.5) is 0 Å². The van der Waals surface area contributed by atoms with Crippen molar-refractivity contribution in [2.75, 3.05) is 7.11 Å². The fraction of sp³-hybridized carbons (Fsp3) is 0.118. The number of hydrogen-bond acceptors (Lipinski definition) is 2. The van der Waals surface area contributed by atoms with E-state index in [1.807, 2.05) is 59.3 Å². The van der Waals surface area contributed by atoms with Crippen LogP contribution in [-0.2, 0) is 6.54 Å². The number of ketones is 1. The summed E-state index contributed by atoms with van der Waals surface area (Å²) in [5, 5.41) is 1.06. The Hall–Kier alpha value is -2.07. The highest BCUT2D eigenvalue weighted by molar-refractivity contribution is 9.10. The Labute approximate surface area is 131 Å². The zero-order valence-electron chi connectivity index (χ0n) is 11.5. The van der Waals surface area contributed by atoms with Crippen LogP contribution in [0.1, 0.15) is 10.4 Å². The number of carbonyl (C=O) groups is 1. The molecular formula is C17H14BrNO2. The molecule has 0 fully saturated rings. The number of halogens is 1. The molecule has 2 aromatic carbocycles. The predicted molar refractivity (Wildman–Crippen MR) is 87.0 cm³/mol.